The predicted molar refractivity (Wildman–Crippen MR) is 54.4 cm³/mol. The Morgan fingerprint density at radius 1 is 1.23 bits per heavy atom. The second-order valence-corrected chi connectivity index (χ2v) is 3.12. The normalized spacial score (nSPS) is 10.4. The van der Waals surface area contributed by atoms with Crippen molar-refractivity contribution in [2.75, 3.05) is 6.61 Å². The van der Waals surface area contributed by atoms with E-state index in [1.54, 1.807) is 0 Å². The minimum Gasteiger partial charge on any atom is -0.302 e. The van der Waals surface area contributed by atoms with Gasteiger partial charge in [0.25, 0.3) is 0 Å². The van der Waals surface area contributed by atoms with E-state index < -0.39 is 0 Å². The summed E-state index contributed by atoms with van der Waals surface area (Å²) >= 11 is 0. The molecule has 2 nitrogen and oxygen atoms in total. The molecule has 1 N–H and O–H groups in total. The van der Waals surface area contributed by atoms with Crippen molar-refractivity contribution in [3.8, 4) is 0 Å². The summed E-state index contributed by atoms with van der Waals surface area (Å²) in [5.74, 6) is 0. The smallest absolute Gasteiger partial charge is 0.0654 e. The van der Waals surface area contributed by atoms with Gasteiger partial charge in [0.2, 0.25) is 0 Å². The Bertz CT molecular complexity index is 251. The number of aryl methyl sites for hydroxylation is 2. The van der Waals surface area contributed by atoms with E-state index in [0.717, 1.165) is 6.54 Å². The number of benzene rings is 1. The van der Waals surface area contributed by atoms with Gasteiger partial charge in [-0.05, 0) is 37.5 Å². The largest absolute Gasteiger partial charge is 0.302 e. The summed E-state index contributed by atoms with van der Waals surface area (Å²) in [4.78, 5) is 5.10. The maximum absolute atomic E-state index is 5.10. The first-order chi connectivity index (χ1) is 6.25. The van der Waals surface area contributed by atoms with Crippen LogP contribution in [0.2, 0.25) is 0 Å². The van der Waals surface area contributed by atoms with Crippen LogP contribution < -0.4 is 5.48 Å². The molecule has 0 saturated carbocycles. The zero-order valence-electron chi connectivity index (χ0n) is 8.55. The third-order valence-electron chi connectivity index (χ3n) is 2.14. The van der Waals surface area contributed by atoms with Crippen LogP contribution in [0.25, 0.3) is 0 Å². The SMILES string of the molecule is CCONCc1c(C)cccc1C. The van der Waals surface area contributed by atoms with E-state index in [1.807, 2.05) is 6.92 Å². The van der Waals surface area contributed by atoms with Crippen LogP contribution in [-0.2, 0) is 11.4 Å². The molecular weight excluding hydrogens is 162 g/mol. The third kappa shape index (κ3) is 2.83. The Morgan fingerprint density at radius 2 is 1.85 bits per heavy atom. The highest BCUT2D eigenvalue weighted by Gasteiger charge is 2.00. The molecule has 0 aromatic heterocycles. The molecule has 1 rings (SSSR count). The highest BCUT2D eigenvalue weighted by atomic mass is 16.6. The molecule has 0 bridgehead atoms. The Hall–Kier alpha value is -0.860. The summed E-state index contributed by atoms with van der Waals surface area (Å²) in [7, 11) is 0. The van der Waals surface area contributed by atoms with Crippen LogP contribution in [0.5, 0.6) is 0 Å². The zero-order valence-corrected chi connectivity index (χ0v) is 8.55. The minimum atomic E-state index is 0.699. The Labute approximate surface area is 79.9 Å². The van der Waals surface area contributed by atoms with Crippen molar-refractivity contribution in [1.82, 2.24) is 5.48 Å². The number of hydrogen-bond donors (Lipinski definition) is 1. The van der Waals surface area contributed by atoms with E-state index in [-0.39, 0.29) is 0 Å². The predicted octanol–water partition coefficient (Wildman–Crippen LogP) is 2.34. The number of rotatable bonds is 4. The van der Waals surface area contributed by atoms with Gasteiger partial charge in [-0.2, -0.15) is 5.48 Å². The second-order valence-electron chi connectivity index (χ2n) is 3.12. The van der Waals surface area contributed by atoms with E-state index in [9.17, 15) is 0 Å². The van der Waals surface area contributed by atoms with Crippen LogP contribution in [0.15, 0.2) is 18.2 Å². The fourth-order valence-corrected chi connectivity index (χ4v) is 1.35. The summed E-state index contributed by atoms with van der Waals surface area (Å²) < 4.78 is 0. The Kier molecular flexibility index (Phi) is 3.93. The van der Waals surface area contributed by atoms with Gasteiger partial charge in [-0.15, -0.1) is 0 Å². The van der Waals surface area contributed by atoms with Gasteiger partial charge in [0.1, 0.15) is 0 Å². The molecular formula is C11H17NO. The van der Waals surface area contributed by atoms with Gasteiger partial charge in [-0.1, -0.05) is 18.2 Å². The van der Waals surface area contributed by atoms with E-state index in [4.69, 9.17) is 4.84 Å². The highest BCUT2D eigenvalue weighted by molar-refractivity contribution is 5.33. The molecule has 0 amide bonds. The van der Waals surface area contributed by atoms with Crippen molar-refractivity contribution in [2.45, 2.75) is 27.3 Å². The summed E-state index contributed by atoms with van der Waals surface area (Å²) in [5, 5.41) is 0. The van der Waals surface area contributed by atoms with Crippen molar-refractivity contribution in [3.63, 3.8) is 0 Å². The average Bonchev–Trinajstić information content (AvgIpc) is 2.10. The fourth-order valence-electron chi connectivity index (χ4n) is 1.35. The lowest BCUT2D eigenvalue weighted by Gasteiger charge is -2.09. The molecule has 0 heterocycles. The number of nitrogens with one attached hydrogen (secondary N) is 1. The van der Waals surface area contributed by atoms with Gasteiger partial charge in [0.05, 0.1) is 6.61 Å². The van der Waals surface area contributed by atoms with E-state index in [1.165, 1.54) is 16.7 Å². The molecule has 0 unspecified atom stereocenters. The van der Waals surface area contributed by atoms with Crippen molar-refractivity contribution in [1.29, 1.82) is 0 Å². The molecule has 0 saturated heterocycles. The maximum atomic E-state index is 5.10. The lowest BCUT2D eigenvalue weighted by atomic mass is 10.0. The molecule has 0 aliphatic rings. The highest BCUT2D eigenvalue weighted by Crippen LogP contribution is 2.12. The summed E-state index contributed by atoms with van der Waals surface area (Å²) in [5.41, 5.74) is 6.89. The first-order valence-corrected chi connectivity index (χ1v) is 4.65. The van der Waals surface area contributed by atoms with Gasteiger partial charge in [0, 0.05) is 6.54 Å². The lowest BCUT2D eigenvalue weighted by Crippen LogP contribution is -2.15. The molecule has 1 aromatic carbocycles. The molecule has 0 aliphatic heterocycles. The maximum Gasteiger partial charge on any atom is 0.0654 e. The summed E-state index contributed by atoms with van der Waals surface area (Å²) in [6.07, 6.45) is 0. The van der Waals surface area contributed by atoms with E-state index in [2.05, 4.69) is 37.5 Å². The zero-order chi connectivity index (χ0) is 9.68. The molecule has 1 aromatic rings. The molecule has 72 valence electrons. The topological polar surface area (TPSA) is 21.3 Å². The molecule has 2 heteroatoms. The van der Waals surface area contributed by atoms with Crippen molar-refractivity contribution in [2.24, 2.45) is 0 Å². The summed E-state index contributed by atoms with van der Waals surface area (Å²) in [6.45, 7) is 7.70. The van der Waals surface area contributed by atoms with Crippen LogP contribution in [0.3, 0.4) is 0 Å². The molecule has 0 fully saturated rings. The Balaban J connectivity index is 2.64. The molecule has 13 heavy (non-hydrogen) atoms. The van der Waals surface area contributed by atoms with Crippen LogP contribution in [-0.4, -0.2) is 6.61 Å². The quantitative estimate of drug-likeness (QED) is 0.566. The van der Waals surface area contributed by atoms with Crippen LogP contribution in [0.4, 0.5) is 0 Å². The Morgan fingerprint density at radius 3 is 2.38 bits per heavy atom. The first kappa shape index (κ1) is 10.2. The van der Waals surface area contributed by atoms with Crippen LogP contribution in [0, 0.1) is 13.8 Å². The van der Waals surface area contributed by atoms with Crippen molar-refractivity contribution >= 4 is 0 Å². The second kappa shape index (κ2) is 5.00. The molecule has 0 radical (unpaired) electrons. The third-order valence-corrected chi connectivity index (χ3v) is 2.14. The molecule has 0 spiro atoms. The van der Waals surface area contributed by atoms with Crippen LogP contribution >= 0.6 is 0 Å². The van der Waals surface area contributed by atoms with Gasteiger partial charge in [0.15, 0.2) is 0 Å². The average molecular weight is 179 g/mol. The van der Waals surface area contributed by atoms with Crippen LogP contribution in [0.1, 0.15) is 23.6 Å². The number of hydroxylamine groups is 1. The van der Waals surface area contributed by atoms with Gasteiger partial charge >= 0.3 is 0 Å². The van der Waals surface area contributed by atoms with Crippen molar-refractivity contribution < 1.29 is 4.84 Å². The fraction of sp³-hybridized carbons (Fsp3) is 0.455. The summed E-state index contributed by atoms with van der Waals surface area (Å²) in [6, 6.07) is 6.32. The number of hydrogen-bond acceptors (Lipinski definition) is 2. The van der Waals surface area contributed by atoms with Gasteiger partial charge < -0.3 is 4.84 Å². The van der Waals surface area contributed by atoms with Gasteiger partial charge in [-0.3, -0.25) is 0 Å². The van der Waals surface area contributed by atoms with Gasteiger partial charge in [-0.25, -0.2) is 0 Å². The molecule has 0 atom stereocenters. The molecule has 0 aliphatic carbocycles. The monoisotopic (exact) mass is 179 g/mol. The van der Waals surface area contributed by atoms with Crippen molar-refractivity contribution in [3.05, 3.63) is 34.9 Å². The minimum absolute atomic E-state index is 0.699. The van der Waals surface area contributed by atoms with E-state index >= 15 is 0 Å². The van der Waals surface area contributed by atoms with E-state index in [0.29, 0.717) is 6.61 Å². The first-order valence-electron chi connectivity index (χ1n) is 4.65. The standard InChI is InChI=1S/C11H17NO/c1-4-13-12-8-11-9(2)6-5-7-10(11)3/h5-7,12H,4,8H2,1-3H3. The lowest BCUT2D eigenvalue weighted by molar-refractivity contribution is 0.0461.